The van der Waals surface area contributed by atoms with Crippen LogP contribution in [0.1, 0.15) is 31.2 Å². The van der Waals surface area contributed by atoms with Gasteiger partial charge in [0.2, 0.25) is 0 Å². The fourth-order valence-electron chi connectivity index (χ4n) is 4.08. The maximum absolute atomic E-state index is 6.08. The number of halogens is 1. The number of nitrogens with zero attached hydrogens (tertiary/aromatic N) is 1. The van der Waals surface area contributed by atoms with E-state index in [4.69, 9.17) is 5.73 Å². The van der Waals surface area contributed by atoms with Crippen LogP contribution in [0.25, 0.3) is 0 Å². The fourth-order valence-corrected chi connectivity index (χ4v) is 4.58. The van der Waals surface area contributed by atoms with Crippen LogP contribution in [-0.2, 0) is 6.54 Å². The molecule has 0 spiro atoms. The van der Waals surface area contributed by atoms with Gasteiger partial charge in [0.15, 0.2) is 0 Å². The Morgan fingerprint density at radius 3 is 2.79 bits per heavy atom. The third-order valence-corrected chi connectivity index (χ3v) is 5.76. The van der Waals surface area contributed by atoms with E-state index in [9.17, 15) is 0 Å². The van der Waals surface area contributed by atoms with Crippen LogP contribution in [0.4, 0.5) is 5.69 Å². The average molecular weight is 323 g/mol. The minimum Gasteiger partial charge on any atom is -0.398 e. The van der Waals surface area contributed by atoms with Crippen molar-refractivity contribution >= 4 is 21.6 Å². The van der Waals surface area contributed by atoms with Gasteiger partial charge in [0.1, 0.15) is 0 Å². The van der Waals surface area contributed by atoms with E-state index in [2.05, 4.69) is 33.9 Å². The zero-order chi connectivity index (χ0) is 13.4. The molecule has 1 aromatic rings. The molecule has 0 aromatic heterocycles. The summed E-state index contributed by atoms with van der Waals surface area (Å²) < 4.78 is 1.13. The highest BCUT2D eigenvalue weighted by molar-refractivity contribution is 9.10. The number of anilines is 1. The number of fused-ring (bicyclic) bond motifs is 2. The average Bonchev–Trinajstić information content (AvgIpc) is 2.96. The maximum atomic E-state index is 6.08. The number of hydrogen-bond acceptors (Lipinski definition) is 2. The van der Waals surface area contributed by atoms with Gasteiger partial charge >= 0.3 is 0 Å². The van der Waals surface area contributed by atoms with Crippen LogP contribution in [0.3, 0.4) is 0 Å². The Kier molecular flexibility index (Phi) is 3.86. The van der Waals surface area contributed by atoms with Gasteiger partial charge in [0.05, 0.1) is 0 Å². The molecular formula is C16H23BrN2. The van der Waals surface area contributed by atoms with Crippen molar-refractivity contribution < 1.29 is 0 Å². The predicted octanol–water partition coefficient (Wildman–Crippen LogP) is 3.90. The monoisotopic (exact) mass is 322 g/mol. The first kappa shape index (κ1) is 13.4. The molecule has 0 radical (unpaired) electrons. The van der Waals surface area contributed by atoms with Crippen molar-refractivity contribution in [3.05, 3.63) is 28.2 Å². The molecule has 2 N–H and O–H groups in total. The molecule has 0 heterocycles. The maximum Gasteiger partial charge on any atom is 0.0371 e. The molecule has 19 heavy (non-hydrogen) atoms. The number of hydrogen-bond donors (Lipinski definition) is 1. The van der Waals surface area contributed by atoms with Crippen LogP contribution < -0.4 is 5.73 Å². The van der Waals surface area contributed by atoms with Crippen molar-refractivity contribution in [1.82, 2.24) is 4.90 Å². The van der Waals surface area contributed by atoms with Gasteiger partial charge in [-0.15, -0.1) is 0 Å². The zero-order valence-electron chi connectivity index (χ0n) is 11.6. The van der Waals surface area contributed by atoms with Crippen LogP contribution in [0.15, 0.2) is 22.7 Å². The Balaban J connectivity index is 1.61. The van der Waals surface area contributed by atoms with Gasteiger partial charge in [0.25, 0.3) is 0 Å². The van der Waals surface area contributed by atoms with Crippen LogP contribution in [0, 0.1) is 17.8 Å². The lowest BCUT2D eigenvalue weighted by molar-refractivity contribution is 0.214. The molecule has 0 saturated heterocycles. The molecule has 2 aliphatic rings. The molecule has 3 unspecified atom stereocenters. The summed E-state index contributed by atoms with van der Waals surface area (Å²) in [4.78, 5) is 2.45. The first-order valence-corrected chi connectivity index (χ1v) is 8.14. The standard InChI is InChI=1S/C16H23BrN2/c1-19(9-13-8-11-5-6-12(13)7-11)10-14-15(17)3-2-4-16(14)18/h2-4,11-13H,5-10,18H2,1H3. The summed E-state index contributed by atoms with van der Waals surface area (Å²) in [6.45, 7) is 2.17. The third kappa shape index (κ3) is 2.82. The molecule has 3 atom stereocenters. The predicted molar refractivity (Wildman–Crippen MR) is 83.8 cm³/mol. The van der Waals surface area contributed by atoms with E-state index in [1.807, 2.05) is 12.1 Å². The second kappa shape index (κ2) is 5.45. The summed E-state index contributed by atoms with van der Waals surface area (Å²) in [5, 5.41) is 0. The van der Waals surface area contributed by atoms with Gasteiger partial charge in [-0.25, -0.2) is 0 Å². The quantitative estimate of drug-likeness (QED) is 0.852. The summed E-state index contributed by atoms with van der Waals surface area (Å²) in [7, 11) is 2.23. The highest BCUT2D eigenvalue weighted by atomic mass is 79.9. The first-order valence-electron chi connectivity index (χ1n) is 7.35. The Morgan fingerprint density at radius 1 is 1.32 bits per heavy atom. The highest BCUT2D eigenvalue weighted by Gasteiger charge is 2.39. The Hall–Kier alpha value is -0.540. The first-order chi connectivity index (χ1) is 9.13. The largest absolute Gasteiger partial charge is 0.398 e. The van der Waals surface area contributed by atoms with Crippen molar-refractivity contribution in [3.63, 3.8) is 0 Å². The van der Waals surface area contributed by atoms with Gasteiger partial charge in [-0.3, -0.25) is 0 Å². The molecule has 0 amide bonds. The number of rotatable bonds is 4. The summed E-state index contributed by atoms with van der Waals surface area (Å²) in [5.74, 6) is 2.97. The van der Waals surface area contributed by atoms with Crippen LogP contribution in [0.2, 0.25) is 0 Å². The molecule has 3 rings (SSSR count). The van der Waals surface area contributed by atoms with E-state index in [0.29, 0.717) is 0 Å². The Morgan fingerprint density at radius 2 is 2.16 bits per heavy atom. The van der Waals surface area contributed by atoms with E-state index >= 15 is 0 Å². The van der Waals surface area contributed by atoms with Gasteiger partial charge in [-0.1, -0.05) is 28.4 Å². The minimum absolute atomic E-state index is 0.897. The van der Waals surface area contributed by atoms with Crippen molar-refractivity contribution in [3.8, 4) is 0 Å². The summed E-state index contributed by atoms with van der Waals surface area (Å²) >= 11 is 3.61. The molecule has 2 bridgehead atoms. The lowest BCUT2D eigenvalue weighted by Crippen LogP contribution is -2.28. The van der Waals surface area contributed by atoms with Gasteiger partial charge in [-0.05, 0) is 56.2 Å². The normalized spacial score (nSPS) is 29.3. The van der Waals surface area contributed by atoms with E-state index in [-0.39, 0.29) is 0 Å². The smallest absolute Gasteiger partial charge is 0.0371 e. The minimum atomic E-state index is 0.897. The topological polar surface area (TPSA) is 29.3 Å². The second-order valence-electron chi connectivity index (χ2n) is 6.44. The summed E-state index contributed by atoms with van der Waals surface area (Å²) in [6.07, 6.45) is 5.92. The summed E-state index contributed by atoms with van der Waals surface area (Å²) in [5.41, 5.74) is 8.21. The van der Waals surface area contributed by atoms with Crippen molar-refractivity contribution in [2.24, 2.45) is 17.8 Å². The second-order valence-corrected chi connectivity index (χ2v) is 7.29. The van der Waals surface area contributed by atoms with E-state index < -0.39 is 0 Å². The molecular weight excluding hydrogens is 300 g/mol. The lowest BCUT2D eigenvalue weighted by Gasteiger charge is -2.27. The molecule has 2 nitrogen and oxygen atoms in total. The summed E-state index contributed by atoms with van der Waals surface area (Å²) in [6, 6.07) is 6.07. The fraction of sp³-hybridized carbons (Fsp3) is 0.625. The van der Waals surface area contributed by atoms with Gasteiger partial charge < -0.3 is 10.6 Å². The number of nitrogens with two attached hydrogens (primary N) is 1. The SMILES string of the molecule is CN(Cc1c(N)cccc1Br)CC1CC2CCC1C2. The molecule has 2 saturated carbocycles. The van der Waals surface area contributed by atoms with Crippen LogP contribution >= 0.6 is 15.9 Å². The van der Waals surface area contributed by atoms with Gasteiger partial charge in [-0.2, -0.15) is 0 Å². The van der Waals surface area contributed by atoms with E-state index in [1.54, 1.807) is 0 Å². The Labute approximate surface area is 124 Å². The van der Waals surface area contributed by atoms with Crippen molar-refractivity contribution in [2.75, 3.05) is 19.3 Å². The van der Waals surface area contributed by atoms with E-state index in [0.717, 1.165) is 34.5 Å². The van der Waals surface area contributed by atoms with Gasteiger partial charge in [0, 0.05) is 28.8 Å². The third-order valence-electron chi connectivity index (χ3n) is 5.01. The highest BCUT2D eigenvalue weighted by Crippen LogP contribution is 2.48. The number of benzene rings is 1. The number of nitrogen functional groups attached to an aromatic ring is 1. The van der Waals surface area contributed by atoms with Crippen molar-refractivity contribution in [1.29, 1.82) is 0 Å². The lowest BCUT2D eigenvalue weighted by atomic mass is 9.88. The Bertz CT molecular complexity index is 440. The van der Waals surface area contributed by atoms with Crippen LogP contribution in [0.5, 0.6) is 0 Å². The molecule has 2 aliphatic carbocycles. The molecule has 104 valence electrons. The van der Waals surface area contributed by atoms with Crippen LogP contribution in [-0.4, -0.2) is 18.5 Å². The zero-order valence-corrected chi connectivity index (χ0v) is 13.2. The molecule has 2 fully saturated rings. The van der Waals surface area contributed by atoms with E-state index in [1.165, 1.54) is 37.8 Å². The molecule has 3 heteroatoms. The molecule has 1 aromatic carbocycles. The molecule has 0 aliphatic heterocycles. The van der Waals surface area contributed by atoms with Crippen molar-refractivity contribution in [2.45, 2.75) is 32.2 Å².